The zero-order chi connectivity index (χ0) is 11.5. The molecule has 2 aromatic rings. The van der Waals surface area contributed by atoms with Crippen molar-refractivity contribution in [2.45, 2.75) is 6.92 Å². The predicted molar refractivity (Wildman–Crippen MR) is 63.6 cm³/mol. The van der Waals surface area contributed by atoms with Crippen LogP contribution in [-0.2, 0) is 9.59 Å². The largest absolute Gasteiger partial charge is 0.329 e. The number of rotatable bonds is 3. The lowest BCUT2D eigenvalue weighted by molar-refractivity contribution is -0.114. The Morgan fingerprint density at radius 1 is 1.50 bits per heavy atom. The highest BCUT2D eigenvalue weighted by Crippen LogP contribution is 2.27. The minimum atomic E-state index is -0.148. The van der Waals surface area contributed by atoms with E-state index in [4.69, 9.17) is 0 Å². The maximum absolute atomic E-state index is 10.9. The minimum absolute atomic E-state index is 0.148. The summed E-state index contributed by atoms with van der Waals surface area (Å²) in [7, 11) is 0. The van der Waals surface area contributed by atoms with E-state index in [0.29, 0.717) is 17.2 Å². The van der Waals surface area contributed by atoms with E-state index in [1.807, 2.05) is 6.07 Å². The number of thiazole rings is 1. The third kappa shape index (κ3) is 2.17. The second-order valence-corrected chi connectivity index (χ2v) is 4.18. The van der Waals surface area contributed by atoms with Crippen molar-refractivity contribution in [2.75, 3.05) is 10.6 Å². The van der Waals surface area contributed by atoms with Gasteiger partial charge >= 0.3 is 0 Å². The van der Waals surface area contributed by atoms with E-state index in [1.165, 1.54) is 18.3 Å². The van der Waals surface area contributed by atoms with E-state index in [0.717, 1.165) is 10.2 Å². The highest BCUT2D eigenvalue weighted by molar-refractivity contribution is 7.22. The number of nitrogens with one attached hydrogen (secondary N) is 2. The van der Waals surface area contributed by atoms with Gasteiger partial charge in [-0.1, -0.05) is 11.3 Å². The van der Waals surface area contributed by atoms with Crippen molar-refractivity contribution in [3.8, 4) is 0 Å². The lowest BCUT2D eigenvalue weighted by atomic mass is 10.3. The van der Waals surface area contributed by atoms with Crippen LogP contribution >= 0.6 is 11.3 Å². The molecular formula is C10H9N3O2S. The number of benzene rings is 1. The van der Waals surface area contributed by atoms with Crippen molar-refractivity contribution in [3.63, 3.8) is 0 Å². The average Bonchev–Trinajstić information content (AvgIpc) is 2.58. The number of anilines is 2. The van der Waals surface area contributed by atoms with Crippen molar-refractivity contribution in [1.29, 1.82) is 0 Å². The number of hydrogen-bond acceptors (Lipinski definition) is 4. The molecule has 0 atom stereocenters. The molecule has 0 aliphatic heterocycles. The summed E-state index contributed by atoms with van der Waals surface area (Å²) in [4.78, 5) is 25.4. The minimum Gasteiger partial charge on any atom is -0.329 e. The number of carbonyl (C=O) groups excluding carboxylic acids is 2. The number of fused-ring (bicyclic) bond motifs is 1. The smallest absolute Gasteiger partial charge is 0.223 e. The predicted octanol–water partition coefficient (Wildman–Crippen LogP) is 1.82. The van der Waals surface area contributed by atoms with Gasteiger partial charge in [0.1, 0.15) is 0 Å². The Morgan fingerprint density at radius 3 is 3.00 bits per heavy atom. The van der Waals surface area contributed by atoms with E-state index in [2.05, 4.69) is 15.6 Å². The lowest BCUT2D eigenvalue weighted by Crippen LogP contribution is -2.04. The SMILES string of the molecule is CC(=O)Nc1nc2cc(NC=O)ccc2s1. The second-order valence-electron chi connectivity index (χ2n) is 3.14. The average molecular weight is 235 g/mol. The number of carbonyl (C=O) groups is 2. The molecule has 0 saturated carbocycles. The molecule has 0 spiro atoms. The molecule has 1 aromatic heterocycles. The molecular weight excluding hydrogens is 226 g/mol. The first-order valence-corrected chi connectivity index (χ1v) is 5.39. The van der Waals surface area contributed by atoms with Gasteiger partial charge in [0, 0.05) is 12.6 Å². The summed E-state index contributed by atoms with van der Waals surface area (Å²) >= 11 is 1.39. The molecule has 16 heavy (non-hydrogen) atoms. The third-order valence-corrected chi connectivity index (χ3v) is 2.85. The van der Waals surface area contributed by atoms with Crippen molar-refractivity contribution in [3.05, 3.63) is 18.2 Å². The Kier molecular flexibility index (Phi) is 2.82. The van der Waals surface area contributed by atoms with Crippen molar-refractivity contribution in [1.82, 2.24) is 4.98 Å². The van der Waals surface area contributed by atoms with E-state index < -0.39 is 0 Å². The van der Waals surface area contributed by atoms with Crippen molar-refractivity contribution < 1.29 is 9.59 Å². The standard InChI is InChI=1S/C10H9N3O2S/c1-6(15)12-10-13-8-4-7(11-5-14)2-3-9(8)16-10/h2-5H,1H3,(H,11,14)(H,12,13,15). The van der Waals surface area contributed by atoms with Crippen LogP contribution in [0, 0.1) is 0 Å². The number of amides is 2. The number of aromatic nitrogens is 1. The van der Waals surface area contributed by atoms with Gasteiger partial charge in [-0.25, -0.2) is 4.98 Å². The number of hydrogen-bond donors (Lipinski definition) is 2. The van der Waals surface area contributed by atoms with Crippen molar-refractivity contribution in [2.24, 2.45) is 0 Å². The van der Waals surface area contributed by atoms with Crippen LogP contribution in [0.3, 0.4) is 0 Å². The fourth-order valence-corrected chi connectivity index (χ4v) is 2.18. The highest BCUT2D eigenvalue weighted by atomic mass is 32.1. The first kappa shape index (κ1) is 10.6. The van der Waals surface area contributed by atoms with E-state index in [-0.39, 0.29) is 5.91 Å². The fourth-order valence-electron chi connectivity index (χ4n) is 1.29. The van der Waals surface area contributed by atoms with Crippen LogP contribution in [0.2, 0.25) is 0 Å². The lowest BCUT2D eigenvalue weighted by Gasteiger charge is -1.95. The zero-order valence-electron chi connectivity index (χ0n) is 8.48. The maximum atomic E-state index is 10.9. The molecule has 2 rings (SSSR count). The monoisotopic (exact) mass is 235 g/mol. The molecule has 2 amide bonds. The zero-order valence-corrected chi connectivity index (χ0v) is 9.30. The van der Waals surface area contributed by atoms with Gasteiger partial charge in [0.05, 0.1) is 10.2 Å². The molecule has 0 aliphatic carbocycles. The summed E-state index contributed by atoms with van der Waals surface area (Å²) in [6, 6.07) is 5.39. The van der Waals surface area contributed by atoms with Gasteiger partial charge in [0.25, 0.3) is 0 Å². The summed E-state index contributed by atoms with van der Waals surface area (Å²) in [6.45, 7) is 1.44. The van der Waals surface area contributed by atoms with Crippen LogP contribution in [-0.4, -0.2) is 17.3 Å². The maximum Gasteiger partial charge on any atom is 0.223 e. The Morgan fingerprint density at radius 2 is 2.31 bits per heavy atom. The molecule has 0 bridgehead atoms. The molecule has 6 heteroatoms. The highest BCUT2D eigenvalue weighted by Gasteiger charge is 2.05. The Bertz CT molecular complexity index is 550. The summed E-state index contributed by atoms with van der Waals surface area (Å²) in [5.74, 6) is -0.148. The van der Waals surface area contributed by atoms with Crippen LogP contribution < -0.4 is 10.6 Å². The van der Waals surface area contributed by atoms with Gasteiger partial charge in [-0.15, -0.1) is 0 Å². The summed E-state index contributed by atoms with van der Waals surface area (Å²) in [5.41, 5.74) is 1.43. The van der Waals surface area contributed by atoms with Crippen LogP contribution in [0.5, 0.6) is 0 Å². The summed E-state index contributed by atoms with van der Waals surface area (Å²) in [5, 5.41) is 5.73. The number of nitrogens with zero attached hydrogens (tertiary/aromatic N) is 1. The topological polar surface area (TPSA) is 71.1 Å². The van der Waals surface area contributed by atoms with Gasteiger partial charge in [-0.05, 0) is 18.2 Å². The van der Waals surface area contributed by atoms with Gasteiger partial charge in [-0.2, -0.15) is 0 Å². The molecule has 2 N–H and O–H groups in total. The molecule has 1 heterocycles. The Balaban J connectivity index is 2.37. The second kappa shape index (κ2) is 4.28. The summed E-state index contributed by atoms with van der Waals surface area (Å²) in [6.07, 6.45) is 0.613. The quantitative estimate of drug-likeness (QED) is 0.797. The van der Waals surface area contributed by atoms with Gasteiger partial charge < -0.3 is 10.6 Å². The van der Waals surface area contributed by atoms with Crippen LogP contribution in [0.4, 0.5) is 10.8 Å². The molecule has 82 valence electrons. The normalized spacial score (nSPS) is 10.1. The van der Waals surface area contributed by atoms with Crippen molar-refractivity contribution >= 4 is 44.7 Å². The van der Waals surface area contributed by atoms with E-state index in [1.54, 1.807) is 12.1 Å². The molecule has 1 aromatic carbocycles. The Labute approximate surface area is 95.5 Å². The van der Waals surface area contributed by atoms with Crippen LogP contribution in [0.25, 0.3) is 10.2 Å². The van der Waals surface area contributed by atoms with E-state index in [9.17, 15) is 9.59 Å². The van der Waals surface area contributed by atoms with Gasteiger partial charge in [-0.3, -0.25) is 9.59 Å². The van der Waals surface area contributed by atoms with Crippen LogP contribution in [0.15, 0.2) is 18.2 Å². The first-order chi connectivity index (χ1) is 7.69. The molecule has 5 nitrogen and oxygen atoms in total. The third-order valence-electron chi connectivity index (χ3n) is 1.90. The van der Waals surface area contributed by atoms with Gasteiger partial charge in [0.15, 0.2) is 5.13 Å². The summed E-state index contributed by atoms with van der Waals surface area (Å²) < 4.78 is 0.959. The van der Waals surface area contributed by atoms with Gasteiger partial charge in [0.2, 0.25) is 12.3 Å². The molecule has 0 aliphatic rings. The fraction of sp³-hybridized carbons (Fsp3) is 0.100. The molecule has 0 fully saturated rings. The Hall–Kier alpha value is -1.95. The molecule has 0 unspecified atom stereocenters. The molecule has 0 saturated heterocycles. The van der Waals surface area contributed by atoms with E-state index >= 15 is 0 Å². The van der Waals surface area contributed by atoms with Crippen LogP contribution in [0.1, 0.15) is 6.92 Å². The molecule has 0 radical (unpaired) electrons. The first-order valence-electron chi connectivity index (χ1n) is 4.57.